The van der Waals surface area contributed by atoms with Gasteiger partial charge in [0.05, 0.1) is 0 Å². The zero-order chi connectivity index (χ0) is 9.10. The summed E-state index contributed by atoms with van der Waals surface area (Å²) in [6.45, 7) is 0. The molecular weight excluding hydrogens is 164 g/mol. The summed E-state index contributed by atoms with van der Waals surface area (Å²) in [5.41, 5.74) is 0.882. The molecule has 0 aliphatic heterocycles. The summed E-state index contributed by atoms with van der Waals surface area (Å²) in [5.74, 6) is 0. The van der Waals surface area contributed by atoms with Crippen molar-refractivity contribution in [2.75, 3.05) is 0 Å². The van der Waals surface area contributed by atoms with Crippen LogP contribution in [0.2, 0.25) is 0 Å². The molecule has 1 unspecified atom stereocenters. The summed E-state index contributed by atoms with van der Waals surface area (Å²) in [6.07, 6.45) is 4.68. The molecule has 3 nitrogen and oxygen atoms in total. The van der Waals surface area contributed by atoms with Gasteiger partial charge in [0, 0.05) is 5.56 Å². The van der Waals surface area contributed by atoms with E-state index in [1.807, 2.05) is 30.3 Å². The van der Waals surface area contributed by atoms with Crippen LogP contribution in [0.3, 0.4) is 0 Å². The lowest BCUT2D eigenvalue weighted by Crippen LogP contribution is -2.37. The minimum absolute atomic E-state index is 0.604. The Morgan fingerprint density at radius 1 is 1.23 bits per heavy atom. The van der Waals surface area contributed by atoms with Gasteiger partial charge in [-0.25, -0.2) is 4.57 Å². The van der Waals surface area contributed by atoms with Gasteiger partial charge in [-0.05, 0) is 0 Å². The average Bonchev–Trinajstić information content (AvgIpc) is 2.71. The molecule has 1 heterocycles. The minimum Gasteiger partial charge on any atom is -0.351 e. The van der Waals surface area contributed by atoms with E-state index in [1.165, 1.54) is 0 Å². The number of rotatable bonds is 2. The van der Waals surface area contributed by atoms with Gasteiger partial charge in [0.25, 0.3) is 0 Å². The Balaban J connectivity index is 2.29. The number of hydrogen-bond acceptors (Lipinski definition) is 1. The number of aromatic nitrogens is 2. The maximum absolute atomic E-state index is 9.82. The van der Waals surface area contributed by atoms with Gasteiger partial charge in [-0.1, -0.05) is 30.3 Å². The standard InChI is InChI=1S/C10H10N2O/c13-10(12-7-6-11-8-12)9-4-2-1-3-5-9/h1-8,10,13H/p+1. The van der Waals surface area contributed by atoms with Crippen LogP contribution in [0, 0.1) is 0 Å². The number of imidazole rings is 1. The topological polar surface area (TPSA) is 39.9 Å². The quantitative estimate of drug-likeness (QED) is 0.652. The number of nitrogens with one attached hydrogen (secondary N) is 1. The zero-order valence-corrected chi connectivity index (χ0v) is 7.09. The van der Waals surface area contributed by atoms with Crippen molar-refractivity contribution in [1.82, 2.24) is 4.98 Å². The van der Waals surface area contributed by atoms with Crippen LogP contribution in [0.1, 0.15) is 11.8 Å². The molecule has 1 atom stereocenters. The van der Waals surface area contributed by atoms with Crippen LogP contribution in [0.25, 0.3) is 0 Å². The zero-order valence-electron chi connectivity index (χ0n) is 7.09. The highest BCUT2D eigenvalue weighted by Crippen LogP contribution is 2.07. The molecule has 0 saturated heterocycles. The molecule has 0 aliphatic carbocycles. The summed E-state index contributed by atoms with van der Waals surface area (Å²) in [7, 11) is 0. The number of aromatic amines is 1. The van der Waals surface area contributed by atoms with E-state index in [0.29, 0.717) is 0 Å². The van der Waals surface area contributed by atoms with Gasteiger partial charge in [0.15, 0.2) is 0 Å². The second kappa shape index (κ2) is 3.41. The molecule has 0 bridgehead atoms. The first-order valence-corrected chi connectivity index (χ1v) is 4.14. The van der Waals surface area contributed by atoms with Crippen molar-refractivity contribution < 1.29 is 9.67 Å². The molecule has 2 N–H and O–H groups in total. The SMILES string of the molecule is OC(c1ccccc1)[n+]1cc[nH]c1. The molecule has 13 heavy (non-hydrogen) atoms. The molecule has 0 aliphatic rings. The van der Waals surface area contributed by atoms with Crippen molar-refractivity contribution >= 4 is 0 Å². The van der Waals surface area contributed by atoms with Gasteiger partial charge < -0.3 is 5.11 Å². The Bertz CT molecular complexity index is 356. The van der Waals surface area contributed by atoms with Crippen LogP contribution in [0.15, 0.2) is 49.1 Å². The van der Waals surface area contributed by atoms with E-state index in [-0.39, 0.29) is 0 Å². The Labute approximate surface area is 76.3 Å². The molecule has 2 rings (SSSR count). The minimum atomic E-state index is -0.604. The van der Waals surface area contributed by atoms with E-state index in [2.05, 4.69) is 4.98 Å². The first-order valence-electron chi connectivity index (χ1n) is 4.14. The summed E-state index contributed by atoms with van der Waals surface area (Å²) in [6, 6.07) is 9.53. The Morgan fingerprint density at radius 2 is 2.00 bits per heavy atom. The second-order valence-electron chi connectivity index (χ2n) is 2.84. The fraction of sp³-hybridized carbons (Fsp3) is 0.100. The molecular formula is C10H11N2O+. The molecule has 2 aromatic rings. The van der Waals surface area contributed by atoms with Crippen LogP contribution in [0.4, 0.5) is 0 Å². The van der Waals surface area contributed by atoms with Gasteiger partial charge in [0.2, 0.25) is 12.6 Å². The van der Waals surface area contributed by atoms with Crippen LogP contribution >= 0.6 is 0 Å². The van der Waals surface area contributed by atoms with Crippen LogP contribution in [-0.4, -0.2) is 10.1 Å². The van der Waals surface area contributed by atoms with Gasteiger partial charge in [-0.15, -0.1) is 0 Å². The van der Waals surface area contributed by atoms with Crippen molar-refractivity contribution in [2.24, 2.45) is 0 Å². The maximum atomic E-state index is 9.82. The normalized spacial score (nSPS) is 12.7. The van der Waals surface area contributed by atoms with Crippen LogP contribution in [-0.2, 0) is 0 Å². The van der Waals surface area contributed by atoms with Crippen LogP contribution < -0.4 is 4.57 Å². The highest BCUT2D eigenvalue weighted by atomic mass is 16.3. The van der Waals surface area contributed by atoms with Gasteiger partial charge in [-0.2, -0.15) is 0 Å². The summed E-state index contributed by atoms with van der Waals surface area (Å²) in [4.78, 5) is 2.88. The molecule has 1 aromatic carbocycles. The van der Waals surface area contributed by atoms with E-state index in [1.54, 1.807) is 23.3 Å². The fourth-order valence-electron chi connectivity index (χ4n) is 1.25. The largest absolute Gasteiger partial charge is 0.351 e. The van der Waals surface area contributed by atoms with E-state index in [4.69, 9.17) is 0 Å². The second-order valence-corrected chi connectivity index (χ2v) is 2.84. The third-order valence-corrected chi connectivity index (χ3v) is 1.95. The summed E-state index contributed by atoms with van der Waals surface area (Å²) in [5, 5.41) is 9.82. The Hall–Kier alpha value is -1.61. The lowest BCUT2D eigenvalue weighted by molar-refractivity contribution is -0.748. The molecule has 0 amide bonds. The highest BCUT2D eigenvalue weighted by molar-refractivity contribution is 5.15. The third kappa shape index (κ3) is 1.60. The van der Waals surface area contributed by atoms with Gasteiger partial charge in [0.1, 0.15) is 12.4 Å². The number of benzene rings is 1. The van der Waals surface area contributed by atoms with Crippen molar-refractivity contribution in [2.45, 2.75) is 6.23 Å². The van der Waals surface area contributed by atoms with Crippen molar-refractivity contribution in [1.29, 1.82) is 0 Å². The number of H-pyrrole nitrogens is 1. The van der Waals surface area contributed by atoms with E-state index < -0.39 is 6.23 Å². The van der Waals surface area contributed by atoms with E-state index >= 15 is 0 Å². The lowest BCUT2D eigenvalue weighted by Gasteiger charge is -2.05. The predicted molar refractivity (Wildman–Crippen MR) is 47.8 cm³/mol. The molecule has 0 spiro atoms. The van der Waals surface area contributed by atoms with Crippen molar-refractivity contribution in [3.8, 4) is 0 Å². The molecule has 0 radical (unpaired) electrons. The Kier molecular flexibility index (Phi) is 2.10. The summed E-state index contributed by atoms with van der Waals surface area (Å²) < 4.78 is 1.70. The third-order valence-electron chi connectivity index (χ3n) is 1.95. The number of aliphatic hydroxyl groups excluding tert-OH is 1. The molecule has 66 valence electrons. The highest BCUT2D eigenvalue weighted by Gasteiger charge is 2.12. The first-order chi connectivity index (χ1) is 6.38. The first kappa shape index (κ1) is 8.01. The monoisotopic (exact) mass is 175 g/mol. The fourth-order valence-corrected chi connectivity index (χ4v) is 1.25. The molecule has 1 aromatic heterocycles. The average molecular weight is 175 g/mol. The predicted octanol–water partition coefficient (Wildman–Crippen LogP) is 0.841. The van der Waals surface area contributed by atoms with Crippen LogP contribution in [0.5, 0.6) is 0 Å². The lowest BCUT2D eigenvalue weighted by atomic mass is 10.2. The molecule has 0 fully saturated rings. The number of aliphatic hydroxyl groups is 1. The maximum Gasteiger partial charge on any atom is 0.243 e. The van der Waals surface area contributed by atoms with Crippen molar-refractivity contribution in [3.63, 3.8) is 0 Å². The van der Waals surface area contributed by atoms with E-state index in [9.17, 15) is 5.11 Å². The number of nitrogens with zero attached hydrogens (tertiary/aromatic N) is 1. The number of hydrogen-bond donors (Lipinski definition) is 2. The Morgan fingerprint density at radius 3 is 2.62 bits per heavy atom. The van der Waals surface area contributed by atoms with Crippen molar-refractivity contribution in [3.05, 3.63) is 54.6 Å². The smallest absolute Gasteiger partial charge is 0.243 e. The molecule has 3 heteroatoms. The summed E-state index contributed by atoms with van der Waals surface area (Å²) >= 11 is 0. The van der Waals surface area contributed by atoms with Gasteiger partial charge >= 0.3 is 0 Å². The van der Waals surface area contributed by atoms with Gasteiger partial charge in [-0.3, -0.25) is 4.98 Å². The van der Waals surface area contributed by atoms with E-state index in [0.717, 1.165) is 5.56 Å². The molecule has 0 saturated carbocycles.